The SMILES string of the molecule is CC1(C)CC[C@]2(C(=O)O[C@@H]3O[C@H](CO)[C@@H](O)[C@H](O)[C@H]3O)CC[C@]3(C)C(=CC[C@@H]4[C@@]5(C)C[C@H](O)[C@H](O[C@@H]6O[C@H](CO)[C@@H](O)[C@H](O)[C@H]6O[C@@H]6O[C@H](CO)[C@@H](O)[C@H](O)[C@H]6O)[C@@](C)(C=O)[C@@H]5CC[C@]43C)[C@@H]2C1. The van der Waals surface area contributed by atoms with Gasteiger partial charge in [0.15, 0.2) is 12.6 Å². The normalized spacial score (nSPS) is 54.5. The van der Waals surface area contributed by atoms with Crippen LogP contribution in [0, 0.1) is 50.2 Å². The Morgan fingerprint density at radius 2 is 1.19 bits per heavy atom. The zero-order valence-corrected chi connectivity index (χ0v) is 39.8. The van der Waals surface area contributed by atoms with Crippen molar-refractivity contribution >= 4 is 12.3 Å². The summed E-state index contributed by atoms with van der Waals surface area (Å²) < 4.78 is 35.5. The minimum atomic E-state index is -1.89. The maximum Gasteiger partial charge on any atom is 0.315 e. The Kier molecular flexibility index (Phi) is 14.4. The first kappa shape index (κ1) is 52.5. The summed E-state index contributed by atoms with van der Waals surface area (Å²) in [7, 11) is 0. The van der Waals surface area contributed by atoms with Gasteiger partial charge in [-0.25, -0.2) is 0 Å². The predicted octanol–water partition coefficient (Wildman–Crippen LogP) is -1.71. The van der Waals surface area contributed by atoms with E-state index in [-0.39, 0.29) is 29.6 Å². The Morgan fingerprint density at radius 3 is 1.78 bits per heavy atom. The van der Waals surface area contributed by atoms with E-state index in [1.165, 1.54) is 0 Å². The highest BCUT2D eigenvalue weighted by Crippen LogP contribution is 2.76. The minimum absolute atomic E-state index is 0.0773. The second-order valence-electron chi connectivity index (χ2n) is 23.3. The van der Waals surface area contributed by atoms with Crippen LogP contribution >= 0.6 is 0 Å². The van der Waals surface area contributed by atoms with Crippen molar-refractivity contribution in [3.63, 3.8) is 0 Å². The molecule has 0 aromatic carbocycles. The summed E-state index contributed by atoms with van der Waals surface area (Å²) in [6.45, 7) is 10.5. The number of aliphatic hydroxyl groups is 12. The van der Waals surface area contributed by atoms with Crippen LogP contribution < -0.4 is 0 Å². The predicted molar refractivity (Wildman–Crippen MR) is 232 cm³/mol. The summed E-state index contributed by atoms with van der Waals surface area (Å²) in [5.41, 5.74) is -2.90. The number of fused-ring (bicyclic) bond motifs is 7. The van der Waals surface area contributed by atoms with Gasteiger partial charge >= 0.3 is 5.97 Å². The standard InChI is InChI=1S/C48H76O20/c1-43(2)11-13-48(42(62)68-40-36(61)33(58)30(55)25(18-50)64-40)14-12-46(5)21(22(48)15-43)7-8-28-44(3)16-23(53)38(45(4,20-52)27(44)9-10-47(28,46)6)67-41-37(34(59)31(56)26(19-51)65-41)66-39-35(60)32(57)29(54)24(17-49)63-39/h7,20,22-41,49-51,53-61H,8-19H2,1-6H3/t22-,23-,24+,25+,26+,27+,28+,29+,30+,31+,32-,33-,34-,35+,36+,37+,38-,39-,40-,41-,44-,45-,46+,47+,48-/m0/s1. The molecule has 8 aliphatic rings. The van der Waals surface area contributed by atoms with Gasteiger partial charge in [0.05, 0.1) is 42.9 Å². The van der Waals surface area contributed by atoms with Crippen LogP contribution in [0.25, 0.3) is 0 Å². The molecule has 0 radical (unpaired) electrons. The van der Waals surface area contributed by atoms with Crippen molar-refractivity contribution in [2.24, 2.45) is 50.2 Å². The molecule has 0 amide bonds. The number of hydrogen-bond donors (Lipinski definition) is 12. The summed E-state index contributed by atoms with van der Waals surface area (Å²) in [5.74, 6) is -1.27. The van der Waals surface area contributed by atoms with Gasteiger partial charge in [-0.2, -0.15) is 0 Å². The Labute approximate surface area is 396 Å². The average molecular weight is 973 g/mol. The van der Waals surface area contributed by atoms with Gasteiger partial charge in [0.2, 0.25) is 6.29 Å². The van der Waals surface area contributed by atoms with Gasteiger partial charge in [-0.05, 0) is 97.2 Å². The fraction of sp³-hybridized carbons (Fsp3) is 0.917. The summed E-state index contributed by atoms with van der Waals surface area (Å²) in [4.78, 5) is 28.4. The lowest BCUT2D eigenvalue weighted by Gasteiger charge is -2.71. The van der Waals surface area contributed by atoms with Gasteiger partial charge in [0, 0.05) is 0 Å². The molecule has 3 saturated heterocycles. The van der Waals surface area contributed by atoms with Gasteiger partial charge in [-0.1, -0.05) is 53.2 Å². The number of carbonyl (C=O) groups excluding carboxylic acids is 2. The molecule has 3 aliphatic heterocycles. The highest BCUT2D eigenvalue weighted by atomic mass is 16.8. The number of aliphatic hydroxyl groups excluding tert-OH is 12. The van der Waals surface area contributed by atoms with E-state index in [0.29, 0.717) is 44.9 Å². The largest absolute Gasteiger partial charge is 0.432 e. The Morgan fingerprint density at radius 1 is 0.647 bits per heavy atom. The average Bonchev–Trinajstić information content (AvgIpc) is 3.29. The maximum absolute atomic E-state index is 14.7. The number of aldehydes is 1. The molecule has 20 nitrogen and oxygen atoms in total. The lowest BCUT2D eigenvalue weighted by atomic mass is 9.33. The summed E-state index contributed by atoms with van der Waals surface area (Å²) in [6.07, 6.45) is -19.6. The summed E-state index contributed by atoms with van der Waals surface area (Å²) in [5, 5.41) is 128. The summed E-state index contributed by atoms with van der Waals surface area (Å²) in [6, 6.07) is 0. The van der Waals surface area contributed by atoms with Crippen molar-refractivity contribution in [1.29, 1.82) is 0 Å². The molecular weight excluding hydrogens is 897 g/mol. The molecule has 7 fully saturated rings. The molecule has 0 unspecified atom stereocenters. The Hall–Kier alpha value is -1.80. The topological polar surface area (TPSA) is 332 Å². The second-order valence-corrected chi connectivity index (χ2v) is 23.3. The minimum Gasteiger partial charge on any atom is -0.432 e. The molecule has 25 atom stereocenters. The smallest absolute Gasteiger partial charge is 0.315 e. The first-order valence-electron chi connectivity index (χ1n) is 24.4. The third-order valence-corrected chi connectivity index (χ3v) is 19.2. The number of hydrogen-bond acceptors (Lipinski definition) is 20. The molecule has 68 heavy (non-hydrogen) atoms. The highest BCUT2D eigenvalue weighted by Gasteiger charge is 2.72. The van der Waals surface area contributed by atoms with E-state index in [1.807, 2.05) is 0 Å². The van der Waals surface area contributed by atoms with E-state index in [9.17, 15) is 70.9 Å². The molecule has 12 N–H and O–H groups in total. The molecule has 3 heterocycles. The van der Waals surface area contributed by atoms with Crippen molar-refractivity contribution in [2.75, 3.05) is 19.8 Å². The van der Waals surface area contributed by atoms with Gasteiger partial charge in [0.25, 0.3) is 0 Å². The van der Waals surface area contributed by atoms with E-state index >= 15 is 0 Å². The van der Waals surface area contributed by atoms with Gasteiger partial charge in [-0.3, -0.25) is 4.79 Å². The van der Waals surface area contributed by atoms with Crippen LogP contribution in [0.2, 0.25) is 0 Å². The molecule has 0 aromatic rings. The first-order valence-corrected chi connectivity index (χ1v) is 24.4. The van der Waals surface area contributed by atoms with Gasteiger partial charge in [0.1, 0.15) is 79.5 Å². The first-order chi connectivity index (χ1) is 31.8. The van der Waals surface area contributed by atoms with Crippen molar-refractivity contribution in [3.05, 3.63) is 11.6 Å². The third-order valence-electron chi connectivity index (χ3n) is 19.2. The Bertz CT molecular complexity index is 1880. The lowest BCUT2D eigenvalue weighted by Crippen LogP contribution is -2.69. The molecular formula is C48H76O20. The van der Waals surface area contributed by atoms with E-state index in [2.05, 4.69) is 40.7 Å². The number of carbonyl (C=O) groups is 2. The molecule has 0 spiro atoms. The van der Waals surface area contributed by atoms with Crippen LogP contribution in [0.1, 0.15) is 99.3 Å². The maximum atomic E-state index is 14.7. The number of ether oxygens (including phenoxy) is 6. The van der Waals surface area contributed by atoms with Crippen molar-refractivity contribution in [1.82, 2.24) is 0 Å². The van der Waals surface area contributed by atoms with Crippen LogP contribution in [0.3, 0.4) is 0 Å². The highest BCUT2D eigenvalue weighted by molar-refractivity contribution is 5.79. The number of rotatable bonds is 10. The zero-order valence-electron chi connectivity index (χ0n) is 39.8. The fourth-order valence-corrected chi connectivity index (χ4v) is 15.0. The van der Waals surface area contributed by atoms with E-state index in [4.69, 9.17) is 28.4 Å². The Balaban J connectivity index is 1.08. The van der Waals surface area contributed by atoms with Crippen LogP contribution in [0.4, 0.5) is 0 Å². The van der Waals surface area contributed by atoms with E-state index in [0.717, 1.165) is 18.3 Å². The second kappa shape index (κ2) is 18.6. The zero-order chi connectivity index (χ0) is 49.8. The molecule has 0 bridgehead atoms. The fourth-order valence-electron chi connectivity index (χ4n) is 15.0. The molecule has 388 valence electrons. The third kappa shape index (κ3) is 7.99. The van der Waals surface area contributed by atoms with E-state index in [1.54, 1.807) is 6.92 Å². The van der Waals surface area contributed by atoms with Crippen molar-refractivity contribution < 1.29 is 99.3 Å². The molecule has 0 aromatic heterocycles. The van der Waals surface area contributed by atoms with Crippen LogP contribution in [0.15, 0.2) is 11.6 Å². The van der Waals surface area contributed by atoms with Gasteiger partial charge in [-0.15, -0.1) is 0 Å². The number of esters is 1. The van der Waals surface area contributed by atoms with Crippen LogP contribution in [-0.4, -0.2) is 198 Å². The monoisotopic (exact) mass is 972 g/mol. The lowest BCUT2D eigenvalue weighted by molar-refractivity contribution is -0.381. The molecule has 5 aliphatic carbocycles. The molecule has 4 saturated carbocycles. The van der Waals surface area contributed by atoms with Crippen molar-refractivity contribution in [2.45, 2.75) is 204 Å². The van der Waals surface area contributed by atoms with Gasteiger partial charge < -0.3 is 94.5 Å². The van der Waals surface area contributed by atoms with Crippen molar-refractivity contribution in [3.8, 4) is 0 Å². The number of allylic oxidation sites excluding steroid dienone is 2. The molecule has 20 heteroatoms. The van der Waals surface area contributed by atoms with E-state index < -0.39 is 157 Å². The summed E-state index contributed by atoms with van der Waals surface area (Å²) >= 11 is 0. The van der Waals surface area contributed by atoms with Crippen LogP contribution in [0.5, 0.6) is 0 Å². The van der Waals surface area contributed by atoms with Crippen LogP contribution in [-0.2, 0) is 38.0 Å². The quantitative estimate of drug-likeness (QED) is 0.0502. The molecule has 8 rings (SSSR count).